The van der Waals surface area contributed by atoms with Crippen molar-refractivity contribution in [3.8, 4) is 0 Å². The summed E-state index contributed by atoms with van der Waals surface area (Å²) in [6.45, 7) is 0. The predicted octanol–water partition coefficient (Wildman–Crippen LogP) is 3.98. The van der Waals surface area contributed by atoms with Gasteiger partial charge in [0.1, 0.15) is 5.82 Å². The summed E-state index contributed by atoms with van der Waals surface area (Å²) in [7, 11) is 0. The summed E-state index contributed by atoms with van der Waals surface area (Å²) in [6.07, 6.45) is 3.58. The van der Waals surface area contributed by atoms with Gasteiger partial charge in [0.05, 0.1) is 4.47 Å². The monoisotopic (exact) mass is 307 g/mol. The minimum Gasteiger partial charge on any atom is -0.321 e. The molecule has 1 fully saturated rings. The van der Waals surface area contributed by atoms with Crippen LogP contribution < -0.4 is 5.73 Å². The molecule has 1 saturated carbocycles. The van der Waals surface area contributed by atoms with Gasteiger partial charge in [0.15, 0.2) is 11.6 Å². The first-order valence-electron chi connectivity index (χ1n) is 5.58. The molecule has 94 valence electrons. The van der Waals surface area contributed by atoms with Gasteiger partial charge >= 0.3 is 0 Å². The number of benzene rings is 1. The van der Waals surface area contributed by atoms with E-state index in [0.717, 1.165) is 25.3 Å². The number of halogens is 4. The first-order chi connectivity index (χ1) is 7.96. The van der Waals surface area contributed by atoms with Crippen LogP contribution in [0, 0.1) is 17.5 Å². The Labute approximate surface area is 106 Å². The lowest BCUT2D eigenvalue weighted by Gasteiger charge is -2.34. The van der Waals surface area contributed by atoms with Gasteiger partial charge in [-0.25, -0.2) is 13.2 Å². The zero-order chi connectivity index (χ0) is 12.6. The third-order valence-electron chi connectivity index (χ3n) is 3.36. The van der Waals surface area contributed by atoms with Crippen LogP contribution in [0.4, 0.5) is 13.2 Å². The van der Waals surface area contributed by atoms with Crippen LogP contribution >= 0.6 is 15.9 Å². The third kappa shape index (κ3) is 2.22. The summed E-state index contributed by atoms with van der Waals surface area (Å²) in [5, 5.41) is 0. The van der Waals surface area contributed by atoms with Crippen LogP contribution in [0.1, 0.15) is 37.7 Å². The summed E-state index contributed by atoms with van der Waals surface area (Å²) in [5.74, 6) is -3.01. The highest BCUT2D eigenvalue weighted by atomic mass is 79.9. The molecule has 0 atom stereocenters. The maximum absolute atomic E-state index is 13.9. The van der Waals surface area contributed by atoms with E-state index in [-0.39, 0.29) is 10.0 Å². The van der Waals surface area contributed by atoms with Crippen LogP contribution in [0.2, 0.25) is 0 Å². The number of hydrogen-bond acceptors (Lipinski definition) is 1. The molecule has 0 aromatic heterocycles. The summed E-state index contributed by atoms with van der Waals surface area (Å²) in [6, 6.07) is 0.792. The lowest BCUT2D eigenvalue weighted by molar-refractivity contribution is 0.278. The van der Waals surface area contributed by atoms with Gasteiger partial charge in [-0.1, -0.05) is 19.3 Å². The second kappa shape index (κ2) is 4.61. The third-order valence-corrected chi connectivity index (χ3v) is 3.93. The summed E-state index contributed by atoms with van der Waals surface area (Å²) >= 11 is 2.88. The second-order valence-corrected chi connectivity index (χ2v) is 5.41. The molecule has 0 radical (unpaired) electrons. The lowest BCUT2D eigenvalue weighted by atomic mass is 9.77. The van der Waals surface area contributed by atoms with Gasteiger partial charge in [-0.2, -0.15) is 0 Å². The molecule has 0 unspecified atom stereocenters. The van der Waals surface area contributed by atoms with Crippen molar-refractivity contribution in [2.75, 3.05) is 0 Å². The van der Waals surface area contributed by atoms with E-state index in [0.29, 0.717) is 12.8 Å². The molecule has 0 aliphatic heterocycles. The SMILES string of the molecule is NC1(c2c(F)c(F)cc(Br)c2F)CCCCC1. The van der Waals surface area contributed by atoms with Crippen molar-refractivity contribution in [3.05, 3.63) is 33.6 Å². The van der Waals surface area contributed by atoms with Crippen molar-refractivity contribution in [3.63, 3.8) is 0 Å². The van der Waals surface area contributed by atoms with Gasteiger partial charge in [0, 0.05) is 11.1 Å². The molecule has 5 heteroatoms. The van der Waals surface area contributed by atoms with Gasteiger partial charge in [0.25, 0.3) is 0 Å². The van der Waals surface area contributed by atoms with Crippen molar-refractivity contribution >= 4 is 15.9 Å². The van der Waals surface area contributed by atoms with E-state index >= 15 is 0 Å². The highest BCUT2D eigenvalue weighted by molar-refractivity contribution is 9.10. The second-order valence-electron chi connectivity index (χ2n) is 4.56. The highest BCUT2D eigenvalue weighted by Crippen LogP contribution is 2.39. The van der Waals surface area contributed by atoms with Crippen LogP contribution in [0.15, 0.2) is 10.5 Å². The Morgan fingerprint density at radius 2 is 1.65 bits per heavy atom. The van der Waals surface area contributed by atoms with E-state index in [1.165, 1.54) is 0 Å². The molecule has 17 heavy (non-hydrogen) atoms. The Hall–Kier alpha value is -0.550. The van der Waals surface area contributed by atoms with Crippen molar-refractivity contribution < 1.29 is 13.2 Å². The Morgan fingerprint density at radius 1 is 1.06 bits per heavy atom. The van der Waals surface area contributed by atoms with E-state index < -0.39 is 23.0 Å². The van der Waals surface area contributed by atoms with Crippen LogP contribution in [-0.4, -0.2) is 0 Å². The molecule has 0 saturated heterocycles. The first-order valence-corrected chi connectivity index (χ1v) is 6.37. The average Bonchev–Trinajstić information content (AvgIpc) is 2.27. The molecule has 0 amide bonds. The van der Waals surface area contributed by atoms with Crippen LogP contribution in [0.3, 0.4) is 0 Å². The Bertz CT molecular complexity index is 416. The van der Waals surface area contributed by atoms with E-state index in [4.69, 9.17) is 5.73 Å². The maximum Gasteiger partial charge on any atom is 0.166 e. The van der Waals surface area contributed by atoms with E-state index in [2.05, 4.69) is 15.9 Å². The molecule has 1 aromatic carbocycles. The predicted molar refractivity (Wildman–Crippen MR) is 63.0 cm³/mol. The molecule has 2 rings (SSSR count). The number of rotatable bonds is 1. The van der Waals surface area contributed by atoms with E-state index in [1.54, 1.807) is 0 Å². The molecule has 2 N–H and O–H groups in total. The van der Waals surface area contributed by atoms with Crippen molar-refractivity contribution in [1.29, 1.82) is 0 Å². The fraction of sp³-hybridized carbons (Fsp3) is 0.500. The quantitative estimate of drug-likeness (QED) is 0.780. The Morgan fingerprint density at radius 3 is 2.24 bits per heavy atom. The molecular weight excluding hydrogens is 295 g/mol. The van der Waals surface area contributed by atoms with Crippen LogP contribution in [0.5, 0.6) is 0 Å². The fourth-order valence-corrected chi connectivity index (χ4v) is 2.84. The highest BCUT2D eigenvalue weighted by Gasteiger charge is 2.36. The first kappa shape index (κ1) is 12.9. The summed E-state index contributed by atoms with van der Waals surface area (Å²) < 4.78 is 40.9. The largest absolute Gasteiger partial charge is 0.321 e. The molecule has 1 aromatic rings. The topological polar surface area (TPSA) is 26.0 Å². The Kier molecular flexibility index (Phi) is 3.50. The van der Waals surface area contributed by atoms with E-state index in [9.17, 15) is 13.2 Å². The standard InChI is InChI=1S/C12H13BrF3N/c13-7-6-8(14)11(16)9(10(7)15)12(17)4-2-1-3-5-12/h6H,1-5,17H2. The molecule has 1 nitrogen and oxygen atoms in total. The lowest BCUT2D eigenvalue weighted by Crippen LogP contribution is -2.40. The van der Waals surface area contributed by atoms with Crippen LogP contribution in [-0.2, 0) is 5.54 Å². The minimum atomic E-state index is -1.16. The van der Waals surface area contributed by atoms with Gasteiger partial charge in [-0.05, 0) is 34.8 Å². The van der Waals surface area contributed by atoms with Gasteiger partial charge < -0.3 is 5.73 Å². The zero-order valence-corrected chi connectivity index (χ0v) is 10.8. The summed E-state index contributed by atoms with van der Waals surface area (Å²) in [5.41, 5.74) is 4.65. The van der Waals surface area contributed by atoms with Crippen LogP contribution in [0.25, 0.3) is 0 Å². The van der Waals surface area contributed by atoms with Crippen molar-refractivity contribution in [2.24, 2.45) is 5.73 Å². The molecule has 0 spiro atoms. The Balaban J connectivity index is 2.57. The number of nitrogens with two attached hydrogens (primary N) is 1. The van der Waals surface area contributed by atoms with Gasteiger partial charge in [0.2, 0.25) is 0 Å². The molecule has 0 heterocycles. The molecule has 1 aliphatic rings. The smallest absolute Gasteiger partial charge is 0.166 e. The normalized spacial score (nSPS) is 19.4. The van der Waals surface area contributed by atoms with Crippen molar-refractivity contribution in [2.45, 2.75) is 37.6 Å². The zero-order valence-electron chi connectivity index (χ0n) is 9.20. The van der Waals surface area contributed by atoms with Gasteiger partial charge in [-0.15, -0.1) is 0 Å². The fourth-order valence-electron chi connectivity index (χ4n) is 2.44. The average molecular weight is 308 g/mol. The maximum atomic E-state index is 13.9. The molecule has 1 aliphatic carbocycles. The molecule has 0 bridgehead atoms. The van der Waals surface area contributed by atoms with E-state index in [1.807, 2.05) is 0 Å². The minimum absolute atomic E-state index is 0.0817. The van der Waals surface area contributed by atoms with Crippen molar-refractivity contribution in [1.82, 2.24) is 0 Å². The number of hydrogen-bond donors (Lipinski definition) is 1. The molecular formula is C12H13BrF3N. The van der Waals surface area contributed by atoms with Gasteiger partial charge in [-0.3, -0.25) is 0 Å². The summed E-state index contributed by atoms with van der Waals surface area (Å²) in [4.78, 5) is 0.